The Morgan fingerprint density at radius 2 is 2.10 bits per heavy atom. The number of hydrogen-bond acceptors (Lipinski definition) is 3. The third-order valence-electron chi connectivity index (χ3n) is 5.15. The van der Waals surface area contributed by atoms with E-state index in [1.165, 1.54) is 12.8 Å². The molecule has 1 aliphatic carbocycles. The van der Waals surface area contributed by atoms with Crippen LogP contribution in [-0.4, -0.2) is 42.2 Å². The van der Waals surface area contributed by atoms with Gasteiger partial charge in [-0.1, -0.05) is 12.1 Å². The molecule has 21 heavy (non-hydrogen) atoms. The molecule has 1 heterocycles. The van der Waals surface area contributed by atoms with Crippen molar-refractivity contribution in [2.24, 2.45) is 5.73 Å². The Kier molecular flexibility index (Phi) is 3.93. The smallest absolute Gasteiger partial charge is 0.146 e. The monoisotopic (exact) mass is 291 g/mol. The Morgan fingerprint density at radius 3 is 2.67 bits per heavy atom. The summed E-state index contributed by atoms with van der Waals surface area (Å²) in [6.07, 6.45) is 3.62. The van der Waals surface area contributed by atoms with Gasteiger partial charge in [-0.3, -0.25) is 4.90 Å². The average Bonchev–Trinajstić information content (AvgIpc) is 3.26. The van der Waals surface area contributed by atoms with Crippen molar-refractivity contribution in [3.8, 4) is 0 Å². The largest absolute Gasteiger partial charge is 0.361 e. The van der Waals surface area contributed by atoms with Crippen LogP contribution in [0.15, 0.2) is 24.3 Å². The molecular formula is C17H26FN3. The van der Waals surface area contributed by atoms with E-state index in [1.807, 2.05) is 12.1 Å². The number of halogens is 1. The van der Waals surface area contributed by atoms with Crippen molar-refractivity contribution in [1.29, 1.82) is 0 Å². The first-order valence-electron chi connectivity index (χ1n) is 8.09. The van der Waals surface area contributed by atoms with E-state index in [9.17, 15) is 4.39 Å². The van der Waals surface area contributed by atoms with E-state index in [0.717, 1.165) is 25.6 Å². The van der Waals surface area contributed by atoms with Crippen molar-refractivity contribution in [3.05, 3.63) is 30.1 Å². The van der Waals surface area contributed by atoms with E-state index in [2.05, 4.69) is 23.6 Å². The number of likely N-dealkylation sites (tertiary alicyclic amines) is 1. The first-order valence-corrected chi connectivity index (χ1v) is 8.09. The van der Waals surface area contributed by atoms with Crippen molar-refractivity contribution in [2.75, 3.05) is 24.5 Å². The lowest BCUT2D eigenvalue weighted by Gasteiger charge is -2.42. The molecule has 0 amide bonds. The lowest BCUT2D eigenvalue weighted by Crippen LogP contribution is -2.56. The van der Waals surface area contributed by atoms with E-state index in [-0.39, 0.29) is 11.4 Å². The summed E-state index contributed by atoms with van der Waals surface area (Å²) in [7, 11) is 0. The Bertz CT molecular complexity index is 503. The Balaban J connectivity index is 1.92. The van der Waals surface area contributed by atoms with Crippen LogP contribution in [0.25, 0.3) is 0 Å². The fourth-order valence-electron chi connectivity index (χ4n) is 4.01. The average molecular weight is 291 g/mol. The molecular weight excluding hydrogens is 265 g/mol. The maximum absolute atomic E-state index is 14.3. The fraction of sp³-hybridized carbons (Fsp3) is 0.647. The van der Waals surface area contributed by atoms with Crippen molar-refractivity contribution in [3.63, 3.8) is 0 Å². The van der Waals surface area contributed by atoms with Crippen LogP contribution in [0, 0.1) is 5.82 Å². The molecule has 2 atom stereocenters. The molecule has 2 N–H and O–H groups in total. The van der Waals surface area contributed by atoms with Gasteiger partial charge >= 0.3 is 0 Å². The molecule has 0 bridgehead atoms. The van der Waals surface area contributed by atoms with E-state index < -0.39 is 0 Å². The van der Waals surface area contributed by atoms with E-state index in [1.54, 1.807) is 12.1 Å². The van der Waals surface area contributed by atoms with Crippen molar-refractivity contribution in [2.45, 2.75) is 50.7 Å². The molecule has 0 aromatic heterocycles. The van der Waals surface area contributed by atoms with Gasteiger partial charge in [-0.25, -0.2) is 4.39 Å². The Morgan fingerprint density at radius 1 is 1.38 bits per heavy atom. The normalized spacial score (nSPS) is 29.8. The molecule has 1 saturated heterocycles. The highest BCUT2D eigenvalue weighted by atomic mass is 19.1. The van der Waals surface area contributed by atoms with E-state index in [0.29, 0.717) is 18.3 Å². The number of likely N-dealkylation sites (N-methyl/N-ethyl adjacent to an activating group) is 1. The second-order valence-corrected chi connectivity index (χ2v) is 6.58. The van der Waals surface area contributed by atoms with Gasteiger partial charge in [0.25, 0.3) is 0 Å². The number of hydrogen-bond donors (Lipinski definition) is 1. The number of para-hydroxylation sites is 1. The van der Waals surface area contributed by atoms with Gasteiger partial charge in [0.2, 0.25) is 0 Å². The second-order valence-electron chi connectivity index (χ2n) is 6.58. The molecule has 1 aromatic rings. The highest BCUT2D eigenvalue weighted by molar-refractivity contribution is 5.51. The standard InChI is InChI=1S/C17H26FN3/c1-3-21(16-7-5-4-6-15(16)18)17(11-19)10-13(2)20(12-17)14-8-9-14/h4-7,13-14H,3,8-12,19H2,1-2H3. The minimum Gasteiger partial charge on any atom is -0.361 e. The molecule has 1 aliphatic heterocycles. The molecule has 2 fully saturated rings. The molecule has 4 heteroatoms. The molecule has 2 unspecified atom stereocenters. The van der Waals surface area contributed by atoms with Gasteiger partial charge in [-0.15, -0.1) is 0 Å². The Labute approximate surface area is 126 Å². The topological polar surface area (TPSA) is 32.5 Å². The first-order chi connectivity index (χ1) is 10.1. The zero-order valence-electron chi connectivity index (χ0n) is 13.1. The minimum absolute atomic E-state index is 0.140. The number of rotatable bonds is 5. The summed E-state index contributed by atoms with van der Waals surface area (Å²) < 4.78 is 14.3. The SMILES string of the molecule is CCN(c1ccccc1F)C1(CN)CC(C)N(C2CC2)C1. The van der Waals surface area contributed by atoms with Crippen molar-refractivity contribution >= 4 is 5.69 Å². The highest BCUT2D eigenvalue weighted by Gasteiger charge is 2.49. The molecule has 3 nitrogen and oxygen atoms in total. The summed E-state index contributed by atoms with van der Waals surface area (Å²) in [4.78, 5) is 4.78. The van der Waals surface area contributed by atoms with Crippen LogP contribution in [0.3, 0.4) is 0 Å². The first kappa shape index (κ1) is 14.8. The van der Waals surface area contributed by atoms with Gasteiger partial charge in [-0.2, -0.15) is 0 Å². The maximum atomic E-state index is 14.3. The lowest BCUT2D eigenvalue weighted by atomic mass is 9.93. The van der Waals surface area contributed by atoms with Crippen LogP contribution < -0.4 is 10.6 Å². The fourth-order valence-corrected chi connectivity index (χ4v) is 4.01. The highest BCUT2D eigenvalue weighted by Crippen LogP contribution is 2.41. The molecule has 1 aromatic carbocycles. The summed E-state index contributed by atoms with van der Waals surface area (Å²) in [6, 6.07) is 8.33. The van der Waals surface area contributed by atoms with Crippen LogP contribution in [0.1, 0.15) is 33.1 Å². The van der Waals surface area contributed by atoms with Crippen LogP contribution >= 0.6 is 0 Å². The number of nitrogens with zero attached hydrogens (tertiary/aromatic N) is 2. The van der Waals surface area contributed by atoms with Crippen LogP contribution in [0.5, 0.6) is 0 Å². The molecule has 3 rings (SSSR count). The zero-order chi connectivity index (χ0) is 15.0. The molecule has 0 radical (unpaired) electrons. The summed E-state index contributed by atoms with van der Waals surface area (Å²) in [5.41, 5.74) is 6.74. The molecule has 116 valence electrons. The van der Waals surface area contributed by atoms with Crippen LogP contribution in [-0.2, 0) is 0 Å². The van der Waals surface area contributed by atoms with Crippen molar-refractivity contribution < 1.29 is 4.39 Å². The number of nitrogens with two attached hydrogens (primary N) is 1. The number of benzene rings is 1. The quantitative estimate of drug-likeness (QED) is 0.905. The Hall–Kier alpha value is -1.13. The third kappa shape index (κ3) is 2.55. The number of anilines is 1. The second kappa shape index (κ2) is 5.58. The summed E-state index contributed by atoms with van der Waals surface area (Å²) in [5.74, 6) is -0.148. The third-order valence-corrected chi connectivity index (χ3v) is 5.15. The van der Waals surface area contributed by atoms with Gasteiger partial charge < -0.3 is 10.6 Å². The van der Waals surface area contributed by atoms with E-state index >= 15 is 0 Å². The zero-order valence-corrected chi connectivity index (χ0v) is 13.1. The molecule has 1 saturated carbocycles. The summed E-state index contributed by atoms with van der Waals surface area (Å²) >= 11 is 0. The maximum Gasteiger partial charge on any atom is 0.146 e. The summed E-state index contributed by atoms with van der Waals surface area (Å²) in [5, 5.41) is 0. The summed E-state index contributed by atoms with van der Waals surface area (Å²) in [6.45, 7) is 6.68. The van der Waals surface area contributed by atoms with Crippen LogP contribution in [0.2, 0.25) is 0 Å². The van der Waals surface area contributed by atoms with Gasteiger partial charge in [0.1, 0.15) is 5.82 Å². The van der Waals surface area contributed by atoms with Gasteiger partial charge in [0, 0.05) is 31.7 Å². The van der Waals surface area contributed by atoms with Gasteiger partial charge in [0.15, 0.2) is 0 Å². The molecule has 0 spiro atoms. The van der Waals surface area contributed by atoms with Gasteiger partial charge in [0.05, 0.1) is 11.2 Å². The van der Waals surface area contributed by atoms with Gasteiger partial charge in [-0.05, 0) is 45.2 Å². The predicted molar refractivity (Wildman–Crippen MR) is 85.0 cm³/mol. The molecule has 2 aliphatic rings. The van der Waals surface area contributed by atoms with E-state index in [4.69, 9.17) is 5.73 Å². The minimum atomic E-state index is -0.148. The van der Waals surface area contributed by atoms with Crippen LogP contribution in [0.4, 0.5) is 10.1 Å². The lowest BCUT2D eigenvalue weighted by molar-refractivity contribution is 0.248. The predicted octanol–water partition coefficient (Wildman–Crippen LogP) is 2.61. The van der Waals surface area contributed by atoms with Crippen molar-refractivity contribution in [1.82, 2.24) is 4.90 Å².